The van der Waals surface area contributed by atoms with Crippen LogP contribution in [0, 0.1) is 0 Å². The molecule has 0 spiro atoms. The van der Waals surface area contributed by atoms with Gasteiger partial charge in [-0.2, -0.15) is 0 Å². The van der Waals surface area contributed by atoms with Crippen molar-refractivity contribution < 1.29 is 9.84 Å². The second kappa shape index (κ2) is 5.58. The summed E-state index contributed by atoms with van der Waals surface area (Å²) in [7, 11) is 0. The second-order valence-electron chi connectivity index (χ2n) is 4.64. The first-order valence-corrected chi connectivity index (χ1v) is 4.86. The summed E-state index contributed by atoms with van der Waals surface area (Å²) in [5, 5.41) is 12.6. The molecule has 1 atom stereocenters. The molecule has 0 aliphatic rings. The molecule has 0 heterocycles. The monoisotopic (exact) mass is 189 g/mol. The number of rotatable bonds is 5. The SMILES string of the molecule is CC(C)NC[C@H](O)COC(C)(C)C. The maximum Gasteiger partial charge on any atom is 0.0898 e. The minimum atomic E-state index is -0.415. The number of aliphatic hydroxyl groups excluding tert-OH is 1. The molecular weight excluding hydrogens is 166 g/mol. The Morgan fingerprint density at radius 1 is 1.31 bits per heavy atom. The normalized spacial score (nSPS) is 15.0. The van der Waals surface area contributed by atoms with Gasteiger partial charge in [0.1, 0.15) is 0 Å². The van der Waals surface area contributed by atoms with Crippen LogP contribution in [-0.4, -0.2) is 36.0 Å². The third-order valence-corrected chi connectivity index (χ3v) is 1.47. The van der Waals surface area contributed by atoms with Crippen molar-refractivity contribution in [1.82, 2.24) is 5.32 Å². The van der Waals surface area contributed by atoms with Crippen molar-refractivity contribution in [1.29, 1.82) is 0 Å². The van der Waals surface area contributed by atoms with Gasteiger partial charge < -0.3 is 15.2 Å². The molecule has 0 fully saturated rings. The Bertz CT molecular complexity index is 129. The maximum atomic E-state index is 9.47. The van der Waals surface area contributed by atoms with Crippen LogP contribution in [0.25, 0.3) is 0 Å². The van der Waals surface area contributed by atoms with Crippen LogP contribution in [0.3, 0.4) is 0 Å². The molecule has 80 valence electrons. The zero-order valence-corrected chi connectivity index (χ0v) is 9.42. The average Bonchev–Trinajstić information content (AvgIpc) is 1.95. The van der Waals surface area contributed by atoms with E-state index in [1.807, 2.05) is 20.8 Å². The third kappa shape index (κ3) is 9.80. The molecule has 0 aliphatic heterocycles. The van der Waals surface area contributed by atoms with Crippen LogP contribution in [0.15, 0.2) is 0 Å². The van der Waals surface area contributed by atoms with Crippen molar-refractivity contribution in [2.45, 2.75) is 52.4 Å². The Morgan fingerprint density at radius 2 is 1.85 bits per heavy atom. The summed E-state index contributed by atoms with van der Waals surface area (Å²) in [6, 6.07) is 0.407. The molecule has 0 aliphatic carbocycles. The highest BCUT2D eigenvalue weighted by Gasteiger charge is 2.13. The lowest BCUT2D eigenvalue weighted by Gasteiger charge is -2.22. The lowest BCUT2D eigenvalue weighted by Crippen LogP contribution is -2.36. The molecular formula is C10H23NO2. The van der Waals surface area contributed by atoms with Gasteiger partial charge in [-0.3, -0.25) is 0 Å². The Labute approximate surface area is 81.5 Å². The van der Waals surface area contributed by atoms with E-state index in [1.54, 1.807) is 0 Å². The molecule has 0 aromatic heterocycles. The summed E-state index contributed by atoms with van der Waals surface area (Å²) in [5.74, 6) is 0. The van der Waals surface area contributed by atoms with Crippen LogP contribution >= 0.6 is 0 Å². The summed E-state index contributed by atoms with van der Waals surface area (Å²) in [4.78, 5) is 0. The lowest BCUT2D eigenvalue weighted by atomic mass is 10.2. The molecule has 2 N–H and O–H groups in total. The Balaban J connectivity index is 3.46. The van der Waals surface area contributed by atoms with Gasteiger partial charge in [-0.05, 0) is 20.8 Å². The number of aliphatic hydroxyl groups is 1. The van der Waals surface area contributed by atoms with E-state index in [0.717, 1.165) is 0 Å². The summed E-state index contributed by atoms with van der Waals surface area (Å²) < 4.78 is 5.43. The highest BCUT2D eigenvalue weighted by molar-refractivity contribution is 4.65. The Morgan fingerprint density at radius 3 is 2.23 bits per heavy atom. The van der Waals surface area contributed by atoms with E-state index in [2.05, 4.69) is 19.2 Å². The lowest BCUT2D eigenvalue weighted by molar-refractivity contribution is -0.0481. The van der Waals surface area contributed by atoms with Crippen LogP contribution in [0.4, 0.5) is 0 Å². The fourth-order valence-electron chi connectivity index (χ4n) is 0.777. The van der Waals surface area contributed by atoms with E-state index >= 15 is 0 Å². The number of ether oxygens (including phenoxy) is 1. The highest BCUT2D eigenvalue weighted by atomic mass is 16.5. The summed E-state index contributed by atoms with van der Waals surface area (Å²) in [6.45, 7) is 11.0. The topological polar surface area (TPSA) is 41.5 Å². The predicted molar refractivity (Wildman–Crippen MR) is 54.9 cm³/mol. The van der Waals surface area contributed by atoms with Gasteiger partial charge in [0.25, 0.3) is 0 Å². The van der Waals surface area contributed by atoms with E-state index in [-0.39, 0.29) is 5.60 Å². The van der Waals surface area contributed by atoms with Crippen LogP contribution in [0.2, 0.25) is 0 Å². The minimum absolute atomic E-state index is 0.168. The van der Waals surface area contributed by atoms with Gasteiger partial charge >= 0.3 is 0 Å². The molecule has 0 bridgehead atoms. The minimum Gasteiger partial charge on any atom is -0.389 e. The van der Waals surface area contributed by atoms with Crippen molar-refractivity contribution in [3.8, 4) is 0 Å². The fourth-order valence-corrected chi connectivity index (χ4v) is 0.777. The van der Waals surface area contributed by atoms with E-state index in [0.29, 0.717) is 19.2 Å². The zero-order chi connectivity index (χ0) is 10.5. The second-order valence-corrected chi connectivity index (χ2v) is 4.64. The zero-order valence-electron chi connectivity index (χ0n) is 9.42. The molecule has 13 heavy (non-hydrogen) atoms. The van der Waals surface area contributed by atoms with E-state index in [9.17, 15) is 5.11 Å². The maximum absolute atomic E-state index is 9.47. The smallest absolute Gasteiger partial charge is 0.0898 e. The molecule has 0 saturated carbocycles. The van der Waals surface area contributed by atoms with Gasteiger partial charge in [0.15, 0.2) is 0 Å². The highest BCUT2D eigenvalue weighted by Crippen LogP contribution is 2.06. The molecule has 3 heteroatoms. The molecule has 0 amide bonds. The first kappa shape index (κ1) is 12.9. The fraction of sp³-hybridized carbons (Fsp3) is 1.00. The van der Waals surface area contributed by atoms with Crippen molar-refractivity contribution in [2.24, 2.45) is 0 Å². The van der Waals surface area contributed by atoms with Crippen molar-refractivity contribution in [2.75, 3.05) is 13.2 Å². The summed E-state index contributed by atoms with van der Waals surface area (Å²) >= 11 is 0. The Hall–Kier alpha value is -0.120. The predicted octanol–water partition coefficient (Wildman–Crippen LogP) is 1.16. The number of nitrogens with one attached hydrogen (secondary N) is 1. The quantitative estimate of drug-likeness (QED) is 0.682. The van der Waals surface area contributed by atoms with Crippen LogP contribution in [0.1, 0.15) is 34.6 Å². The van der Waals surface area contributed by atoms with Gasteiger partial charge in [0, 0.05) is 12.6 Å². The van der Waals surface area contributed by atoms with Crippen molar-refractivity contribution in [3.63, 3.8) is 0 Å². The Kier molecular flexibility index (Phi) is 5.53. The first-order valence-electron chi connectivity index (χ1n) is 4.86. The standard InChI is InChI=1S/C10H23NO2/c1-8(2)11-6-9(12)7-13-10(3,4)5/h8-9,11-12H,6-7H2,1-5H3/t9-/m0/s1. The molecule has 0 aromatic rings. The molecule has 3 nitrogen and oxygen atoms in total. The molecule has 0 saturated heterocycles. The van der Waals surface area contributed by atoms with E-state index < -0.39 is 6.10 Å². The van der Waals surface area contributed by atoms with Crippen LogP contribution < -0.4 is 5.32 Å². The first-order chi connectivity index (χ1) is 5.81. The van der Waals surface area contributed by atoms with Gasteiger partial charge in [-0.1, -0.05) is 13.8 Å². The third-order valence-electron chi connectivity index (χ3n) is 1.47. The molecule has 0 radical (unpaired) electrons. The van der Waals surface area contributed by atoms with E-state index in [1.165, 1.54) is 0 Å². The summed E-state index contributed by atoms with van der Waals surface area (Å²) in [5.41, 5.74) is -0.168. The molecule has 0 rings (SSSR count). The van der Waals surface area contributed by atoms with Gasteiger partial charge in [-0.15, -0.1) is 0 Å². The van der Waals surface area contributed by atoms with Crippen LogP contribution in [0.5, 0.6) is 0 Å². The summed E-state index contributed by atoms with van der Waals surface area (Å²) in [6.07, 6.45) is -0.415. The number of hydrogen-bond donors (Lipinski definition) is 2. The number of hydrogen-bond acceptors (Lipinski definition) is 3. The van der Waals surface area contributed by atoms with Gasteiger partial charge in [0.2, 0.25) is 0 Å². The average molecular weight is 189 g/mol. The molecule has 0 unspecified atom stereocenters. The van der Waals surface area contributed by atoms with Crippen molar-refractivity contribution >= 4 is 0 Å². The van der Waals surface area contributed by atoms with Crippen LogP contribution in [-0.2, 0) is 4.74 Å². The largest absolute Gasteiger partial charge is 0.389 e. The molecule has 0 aromatic carbocycles. The van der Waals surface area contributed by atoms with E-state index in [4.69, 9.17) is 4.74 Å². The van der Waals surface area contributed by atoms with Gasteiger partial charge in [0.05, 0.1) is 18.3 Å². The van der Waals surface area contributed by atoms with Gasteiger partial charge in [-0.25, -0.2) is 0 Å². The van der Waals surface area contributed by atoms with Crippen molar-refractivity contribution in [3.05, 3.63) is 0 Å².